The van der Waals surface area contributed by atoms with Crippen LogP contribution in [0.15, 0.2) is 12.4 Å². The van der Waals surface area contributed by atoms with Gasteiger partial charge in [0, 0.05) is 6.20 Å². The van der Waals surface area contributed by atoms with Crippen LogP contribution in [-0.2, 0) is 5.85 Å². The lowest BCUT2D eigenvalue weighted by atomic mass is 10.5. The Morgan fingerprint density at radius 3 is 2.67 bits per heavy atom. The third kappa shape index (κ3) is 1.24. The number of rotatable bonds is 1. The van der Waals surface area contributed by atoms with E-state index in [0.717, 1.165) is 4.68 Å². The van der Waals surface area contributed by atoms with Crippen LogP contribution in [0.2, 0.25) is 0 Å². The van der Waals surface area contributed by atoms with Crippen molar-refractivity contribution in [1.82, 2.24) is 15.0 Å². The van der Waals surface area contributed by atoms with E-state index in [4.69, 9.17) is 10.8 Å². The molecule has 0 radical (unpaired) electrons. The lowest BCUT2D eigenvalue weighted by Gasteiger charge is -2.15. The fraction of sp³-hybridized carbons (Fsp3) is 0.500. The standard InChI is InChI=1S/C4H8N4O/c1-4(5,9)8-3-2-6-7-8/h2-3,9H,5H2,1H3. The predicted octanol–water partition coefficient (Wildman–Crippen LogP) is -1.14. The molecule has 5 heteroatoms. The van der Waals surface area contributed by atoms with Gasteiger partial charge in [-0.15, -0.1) is 5.10 Å². The molecule has 1 atom stereocenters. The van der Waals surface area contributed by atoms with Crippen molar-refractivity contribution in [3.8, 4) is 0 Å². The van der Waals surface area contributed by atoms with Gasteiger partial charge in [-0.3, -0.25) is 5.73 Å². The van der Waals surface area contributed by atoms with E-state index in [-0.39, 0.29) is 0 Å². The van der Waals surface area contributed by atoms with Gasteiger partial charge in [-0.2, -0.15) is 0 Å². The Morgan fingerprint density at radius 1 is 1.78 bits per heavy atom. The molecule has 1 aromatic rings. The fourth-order valence-electron chi connectivity index (χ4n) is 0.450. The monoisotopic (exact) mass is 128 g/mol. The molecule has 1 unspecified atom stereocenters. The first kappa shape index (κ1) is 6.18. The van der Waals surface area contributed by atoms with Crippen molar-refractivity contribution in [1.29, 1.82) is 0 Å². The number of hydrogen-bond acceptors (Lipinski definition) is 4. The summed E-state index contributed by atoms with van der Waals surface area (Å²) in [5, 5.41) is 16.0. The molecular weight excluding hydrogens is 120 g/mol. The molecule has 1 heterocycles. The summed E-state index contributed by atoms with van der Waals surface area (Å²) in [6, 6.07) is 0. The first-order valence-corrected chi connectivity index (χ1v) is 2.49. The van der Waals surface area contributed by atoms with Gasteiger partial charge in [-0.05, 0) is 6.92 Å². The highest BCUT2D eigenvalue weighted by Gasteiger charge is 2.14. The molecule has 5 nitrogen and oxygen atoms in total. The molecule has 0 aliphatic heterocycles. The van der Waals surface area contributed by atoms with Crippen molar-refractivity contribution in [2.24, 2.45) is 5.73 Å². The summed E-state index contributed by atoms with van der Waals surface area (Å²) >= 11 is 0. The summed E-state index contributed by atoms with van der Waals surface area (Å²) in [6.45, 7) is 1.42. The normalized spacial score (nSPS) is 17.2. The Hall–Kier alpha value is -0.940. The van der Waals surface area contributed by atoms with Crippen LogP contribution in [0.5, 0.6) is 0 Å². The first-order valence-electron chi connectivity index (χ1n) is 2.49. The van der Waals surface area contributed by atoms with Gasteiger partial charge < -0.3 is 5.11 Å². The molecular formula is C4H8N4O. The topological polar surface area (TPSA) is 77.0 Å². The molecule has 3 N–H and O–H groups in total. The van der Waals surface area contributed by atoms with Crippen LogP contribution in [-0.4, -0.2) is 20.1 Å². The van der Waals surface area contributed by atoms with Crippen molar-refractivity contribution >= 4 is 0 Å². The third-order valence-electron chi connectivity index (χ3n) is 0.886. The molecule has 0 fully saturated rings. The largest absolute Gasteiger partial charge is 0.357 e. The quantitative estimate of drug-likeness (QED) is 0.469. The van der Waals surface area contributed by atoms with Crippen LogP contribution in [0.25, 0.3) is 0 Å². The van der Waals surface area contributed by atoms with Crippen molar-refractivity contribution in [3.63, 3.8) is 0 Å². The number of nitrogens with two attached hydrogens (primary N) is 1. The average molecular weight is 128 g/mol. The van der Waals surface area contributed by atoms with Gasteiger partial charge in [-0.1, -0.05) is 5.21 Å². The van der Waals surface area contributed by atoms with Crippen LogP contribution in [0, 0.1) is 0 Å². The molecule has 0 aliphatic carbocycles. The third-order valence-corrected chi connectivity index (χ3v) is 0.886. The number of aliphatic hydroxyl groups is 1. The summed E-state index contributed by atoms with van der Waals surface area (Å²) in [4.78, 5) is 0. The summed E-state index contributed by atoms with van der Waals surface area (Å²) in [5.74, 6) is -1.43. The van der Waals surface area contributed by atoms with Crippen molar-refractivity contribution in [2.45, 2.75) is 12.8 Å². The van der Waals surface area contributed by atoms with Crippen LogP contribution in [0.1, 0.15) is 6.92 Å². The van der Waals surface area contributed by atoms with Gasteiger partial charge in [0.15, 0.2) is 0 Å². The Morgan fingerprint density at radius 2 is 2.44 bits per heavy atom. The minimum atomic E-state index is -1.43. The smallest absolute Gasteiger partial charge is 0.210 e. The molecule has 0 bridgehead atoms. The second-order valence-electron chi connectivity index (χ2n) is 1.94. The maximum Gasteiger partial charge on any atom is 0.210 e. The van der Waals surface area contributed by atoms with Crippen LogP contribution >= 0.6 is 0 Å². The minimum Gasteiger partial charge on any atom is -0.357 e. The zero-order valence-corrected chi connectivity index (χ0v) is 5.02. The molecule has 1 aromatic heterocycles. The SMILES string of the molecule is CC(N)(O)n1ccnn1. The molecule has 0 aliphatic rings. The maximum atomic E-state index is 9.02. The Balaban J connectivity index is 2.90. The number of nitrogens with zero attached hydrogens (tertiary/aromatic N) is 3. The van der Waals surface area contributed by atoms with Gasteiger partial charge in [0.05, 0.1) is 6.20 Å². The van der Waals surface area contributed by atoms with Crippen molar-refractivity contribution < 1.29 is 5.11 Å². The molecule has 50 valence electrons. The van der Waals surface area contributed by atoms with Crippen molar-refractivity contribution in [3.05, 3.63) is 12.4 Å². The van der Waals surface area contributed by atoms with Gasteiger partial charge in [-0.25, -0.2) is 4.68 Å². The minimum absolute atomic E-state index is 1.16. The Labute approximate surface area is 52.1 Å². The summed E-state index contributed by atoms with van der Waals surface area (Å²) in [5.41, 5.74) is 5.22. The van der Waals surface area contributed by atoms with Crippen LogP contribution < -0.4 is 5.73 Å². The molecule has 1 rings (SSSR count). The zero-order chi connectivity index (χ0) is 6.91. The average Bonchev–Trinajstić information content (AvgIpc) is 2.08. The van der Waals surface area contributed by atoms with Crippen LogP contribution in [0.4, 0.5) is 0 Å². The van der Waals surface area contributed by atoms with E-state index < -0.39 is 5.85 Å². The summed E-state index contributed by atoms with van der Waals surface area (Å²) in [7, 11) is 0. The Kier molecular flexibility index (Phi) is 1.22. The first-order chi connectivity index (χ1) is 4.11. The fourth-order valence-corrected chi connectivity index (χ4v) is 0.450. The highest BCUT2D eigenvalue weighted by molar-refractivity contribution is 4.69. The molecule has 0 amide bonds. The zero-order valence-electron chi connectivity index (χ0n) is 5.02. The van der Waals surface area contributed by atoms with Gasteiger partial charge in [0.2, 0.25) is 5.85 Å². The highest BCUT2D eigenvalue weighted by Crippen LogP contribution is 1.97. The maximum absolute atomic E-state index is 9.02. The van der Waals surface area contributed by atoms with Crippen molar-refractivity contribution in [2.75, 3.05) is 0 Å². The molecule has 0 spiro atoms. The predicted molar refractivity (Wildman–Crippen MR) is 30.1 cm³/mol. The van der Waals surface area contributed by atoms with E-state index >= 15 is 0 Å². The molecule has 0 saturated heterocycles. The lowest BCUT2D eigenvalue weighted by molar-refractivity contribution is -0.0251. The van der Waals surface area contributed by atoms with E-state index in [2.05, 4.69) is 10.3 Å². The Bertz CT molecular complexity index is 175. The van der Waals surface area contributed by atoms with E-state index in [1.54, 1.807) is 0 Å². The van der Waals surface area contributed by atoms with E-state index in [9.17, 15) is 0 Å². The second-order valence-corrected chi connectivity index (χ2v) is 1.94. The molecule has 0 saturated carbocycles. The highest BCUT2D eigenvalue weighted by atomic mass is 16.3. The summed E-state index contributed by atoms with van der Waals surface area (Å²) < 4.78 is 1.16. The number of aromatic nitrogens is 3. The second kappa shape index (κ2) is 1.78. The van der Waals surface area contributed by atoms with Gasteiger partial charge in [0.1, 0.15) is 0 Å². The van der Waals surface area contributed by atoms with E-state index in [1.165, 1.54) is 19.3 Å². The molecule has 9 heavy (non-hydrogen) atoms. The van der Waals surface area contributed by atoms with Gasteiger partial charge in [0.25, 0.3) is 0 Å². The lowest BCUT2D eigenvalue weighted by Crippen LogP contribution is -2.39. The van der Waals surface area contributed by atoms with Gasteiger partial charge >= 0.3 is 0 Å². The van der Waals surface area contributed by atoms with E-state index in [1.807, 2.05) is 0 Å². The van der Waals surface area contributed by atoms with E-state index in [0.29, 0.717) is 0 Å². The molecule has 0 aromatic carbocycles. The number of hydrogen-bond donors (Lipinski definition) is 2. The van der Waals surface area contributed by atoms with Crippen LogP contribution in [0.3, 0.4) is 0 Å². The summed E-state index contributed by atoms with van der Waals surface area (Å²) in [6.07, 6.45) is 2.93.